The number of benzene rings is 2. The molecule has 0 bridgehead atoms. The highest BCUT2D eigenvalue weighted by Crippen LogP contribution is 2.25. The third-order valence-electron chi connectivity index (χ3n) is 2.55. The summed E-state index contributed by atoms with van der Waals surface area (Å²) >= 11 is 17.4. The zero-order valence-electron chi connectivity index (χ0n) is 13.2. The number of nitrogens with one attached hydrogen (secondary N) is 5. The average molecular weight is 417 g/mol. The van der Waals surface area contributed by atoms with E-state index >= 15 is 0 Å². The van der Waals surface area contributed by atoms with E-state index in [9.17, 15) is 4.79 Å². The summed E-state index contributed by atoms with van der Waals surface area (Å²) < 4.78 is 0. The number of carbonyl (C=O) groups excluding carboxylic acids is 1. The number of hydrogen-bond donors (Lipinski definition) is 7. The van der Waals surface area contributed by atoms with Crippen LogP contribution >= 0.6 is 34.8 Å². The van der Waals surface area contributed by atoms with E-state index < -0.39 is 0 Å². The molecule has 0 aromatic heterocycles. The Bertz CT molecular complexity index is 784. The van der Waals surface area contributed by atoms with Crippen LogP contribution in [0.1, 0.15) is 0 Å². The minimum atomic E-state index is -0.374. The van der Waals surface area contributed by atoms with Crippen LogP contribution in [0.2, 0.25) is 15.1 Å². The van der Waals surface area contributed by atoms with Crippen LogP contribution in [0.15, 0.2) is 42.5 Å². The van der Waals surface area contributed by atoms with Crippen LogP contribution in [0, 0.1) is 10.8 Å². The molecule has 26 heavy (non-hydrogen) atoms. The summed E-state index contributed by atoms with van der Waals surface area (Å²) in [5.41, 5.74) is 10.7. The fourth-order valence-electron chi connectivity index (χ4n) is 1.55. The molecule has 0 radical (unpaired) electrons. The molecule has 2 rings (SSSR count). The molecule has 2 amide bonds. The largest absolute Gasteiger partial charge is 0.370 e. The molecular weight excluding hydrogens is 401 g/mol. The van der Waals surface area contributed by atoms with Gasteiger partial charge in [0, 0.05) is 16.4 Å². The number of halogens is 3. The van der Waals surface area contributed by atoms with Crippen molar-refractivity contribution in [2.45, 2.75) is 0 Å². The molecule has 0 saturated carbocycles. The first-order valence-electron chi connectivity index (χ1n) is 6.91. The Kier molecular flexibility index (Phi) is 8.50. The molecule has 9 N–H and O–H groups in total. The van der Waals surface area contributed by atoms with Crippen LogP contribution in [-0.4, -0.2) is 18.0 Å². The van der Waals surface area contributed by atoms with Crippen molar-refractivity contribution in [2.24, 2.45) is 11.5 Å². The van der Waals surface area contributed by atoms with Gasteiger partial charge in [-0.2, -0.15) is 0 Å². The van der Waals surface area contributed by atoms with Crippen LogP contribution in [0.3, 0.4) is 0 Å². The van der Waals surface area contributed by atoms with Crippen LogP contribution in [0.4, 0.5) is 16.2 Å². The van der Waals surface area contributed by atoms with E-state index in [2.05, 4.69) is 10.6 Å². The van der Waals surface area contributed by atoms with Crippen LogP contribution < -0.4 is 27.4 Å². The minimum Gasteiger partial charge on any atom is -0.370 e. The molecule has 0 fully saturated rings. The monoisotopic (exact) mass is 415 g/mol. The first-order valence-corrected chi connectivity index (χ1v) is 8.04. The van der Waals surface area contributed by atoms with Gasteiger partial charge >= 0.3 is 6.03 Å². The smallest absolute Gasteiger partial charge is 0.323 e. The fourth-order valence-corrected chi connectivity index (χ4v) is 1.97. The number of nitrogens with two attached hydrogens (primary N) is 2. The van der Waals surface area contributed by atoms with Crippen LogP contribution in [0.5, 0.6) is 0 Å². The predicted octanol–water partition coefficient (Wildman–Crippen LogP) is 3.65. The van der Waals surface area contributed by atoms with Gasteiger partial charge in [-0.05, 0) is 42.5 Å². The predicted molar refractivity (Wildman–Crippen MR) is 108 cm³/mol. The van der Waals surface area contributed by atoms with Gasteiger partial charge < -0.3 is 22.1 Å². The molecule has 11 heteroatoms. The van der Waals surface area contributed by atoms with Crippen molar-refractivity contribution in [3.63, 3.8) is 0 Å². The second kappa shape index (κ2) is 10.3. The average Bonchev–Trinajstić information content (AvgIpc) is 2.52. The lowest BCUT2D eigenvalue weighted by atomic mass is 10.3. The van der Waals surface area contributed by atoms with Crippen LogP contribution in [0.25, 0.3) is 0 Å². The molecule has 2 aromatic carbocycles. The highest BCUT2D eigenvalue weighted by molar-refractivity contribution is 6.42. The molecule has 2 aromatic rings. The van der Waals surface area contributed by atoms with Gasteiger partial charge in [-0.1, -0.05) is 34.8 Å². The third-order valence-corrected chi connectivity index (χ3v) is 3.54. The first kappa shape index (κ1) is 21.4. The van der Waals surface area contributed by atoms with Gasteiger partial charge in [0.1, 0.15) is 0 Å². The molecule has 0 spiro atoms. The van der Waals surface area contributed by atoms with Gasteiger partial charge in [-0.25, -0.2) is 4.79 Å². The fraction of sp³-hybridized carbons (Fsp3) is 0. The summed E-state index contributed by atoms with van der Waals surface area (Å²) in [5.74, 6) is -0.625. The van der Waals surface area contributed by atoms with Gasteiger partial charge in [0.15, 0.2) is 11.9 Å². The zero-order valence-corrected chi connectivity index (χ0v) is 15.5. The Balaban J connectivity index is 0.000000412. The normalized spacial score (nSPS) is 9.35. The minimum absolute atomic E-state index is 0.312. The molecule has 0 atom stereocenters. The summed E-state index contributed by atoms with van der Waals surface area (Å²) in [4.78, 5) is 11.7. The van der Waals surface area contributed by atoms with Crippen molar-refractivity contribution in [3.8, 4) is 0 Å². The van der Waals surface area contributed by atoms with E-state index in [4.69, 9.17) is 57.1 Å². The molecule has 0 aliphatic carbocycles. The maximum atomic E-state index is 11.7. The highest BCUT2D eigenvalue weighted by atomic mass is 35.5. The molecule has 138 valence electrons. The molecule has 0 heterocycles. The van der Waals surface area contributed by atoms with E-state index in [-0.39, 0.29) is 18.0 Å². The SMILES string of the molecule is N=C(N)NC(=N)N.O=C(Nc1ccc(Cl)cc1)Nc1ccc(Cl)c(Cl)c1. The number of carbonyl (C=O) groups is 1. The Hall–Kier alpha value is -2.68. The lowest BCUT2D eigenvalue weighted by Gasteiger charge is -2.08. The lowest BCUT2D eigenvalue weighted by Crippen LogP contribution is -2.39. The number of urea groups is 1. The molecule has 0 aliphatic rings. The van der Waals surface area contributed by atoms with E-state index in [1.54, 1.807) is 42.5 Å². The van der Waals surface area contributed by atoms with E-state index in [1.807, 2.05) is 5.32 Å². The topological polar surface area (TPSA) is 153 Å². The van der Waals surface area contributed by atoms with Gasteiger partial charge in [-0.3, -0.25) is 16.1 Å². The van der Waals surface area contributed by atoms with Crippen molar-refractivity contribution in [1.29, 1.82) is 10.8 Å². The first-order chi connectivity index (χ1) is 12.2. The quantitative estimate of drug-likeness (QED) is 0.295. The number of rotatable bonds is 2. The van der Waals surface area contributed by atoms with Crippen molar-refractivity contribution < 1.29 is 4.79 Å². The highest BCUT2D eigenvalue weighted by Gasteiger charge is 2.04. The molecule has 0 aliphatic heterocycles. The standard InChI is InChI=1S/C13H9Cl3N2O.C2H7N5/c14-8-1-3-9(4-2-8)17-13(19)18-10-5-6-11(15)12(16)7-10;3-1(4)7-2(5)6/h1-7H,(H2,17,18,19);(H7,3,4,5,6,7). The van der Waals surface area contributed by atoms with Crippen LogP contribution in [-0.2, 0) is 0 Å². The lowest BCUT2D eigenvalue weighted by molar-refractivity contribution is 0.262. The summed E-state index contributed by atoms with van der Waals surface area (Å²) in [5, 5.41) is 21.7. The molecule has 0 unspecified atom stereocenters. The maximum Gasteiger partial charge on any atom is 0.323 e. The van der Waals surface area contributed by atoms with Crippen molar-refractivity contribution >= 4 is 64.1 Å². The summed E-state index contributed by atoms with van der Waals surface area (Å²) in [6, 6.07) is 11.3. The third kappa shape index (κ3) is 8.43. The molecular formula is C15H16Cl3N7O. The van der Waals surface area contributed by atoms with Gasteiger partial charge in [0.05, 0.1) is 10.0 Å². The second-order valence-electron chi connectivity index (χ2n) is 4.67. The Morgan fingerprint density at radius 1 is 0.808 bits per heavy atom. The van der Waals surface area contributed by atoms with E-state index in [0.717, 1.165) is 0 Å². The zero-order chi connectivity index (χ0) is 19.7. The second-order valence-corrected chi connectivity index (χ2v) is 5.92. The number of amides is 2. The number of guanidine groups is 2. The number of anilines is 2. The van der Waals surface area contributed by atoms with Crippen molar-refractivity contribution in [1.82, 2.24) is 5.32 Å². The van der Waals surface area contributed by atoms with E-state index in [1.165, 1.54) is 0 Å². The maximum absolute atomic E-state index is 11.7. The van der Waals surface area contributed by atoms with Gasteiger partial charge in [0.25, 0.3) is 0 Å². The van der Waals surface area contributed by atoms with Gasteiger partial charge in [-0.15, -0.1) is 0 Å². The summed E-state index contributed by atoms with van der Waals surface area (Å²) in [6.07, 6.45) is 0. The Labute approximate surface area is 164 Å². The molecule has 8 nitrogen and oxygen atoms in total. The Morgan fingerprint density at radius 2 is 1.31 bits per heavy atom. The van der Waals surface area contributed by atoms with Gasteiger partial charge in [0.2, 0.25) is 0 Å². The summed E-state index contributed by atoms with van der Waals surface area (Å²) in [7, 11) is 0. The summed E-state index contributed by atoms with van der Waals surface area (Å²) in [6.45, 7) is 0. The Morgan fingerprint density at radius 3 is 1.77 bits per heavy atom. The van der Waals surface area contributed by atoms with Crippen molar-refractivity contribution in [3.05, 3.63) is 57.5 Å². The van der Waals surface area contributed by atoms with E-state index in [0.29, 0.717) is 26.4 Å². The van der Waals surface area contributed by atoms with Crippen molar-refractivity contribution in [2.75, 3.05) is 10.6 Å². The number of hydrogen-bond acceptors (Lipinski definition) is 3. The molecule has 0 saturated heterocycles.